The molecule has 1 atom stereocenters. The lowest BCUT2D eigenvalue weighted by Crippen LogP contribution is -2.44. The molecule has 1 heterocycles. The average molecular weight is 277 g/mol. The van der Waals surface area contributed by atoms with Crippen LogP contribution in [0.4, 0.5) is 5.69 Å². The van der Waals surface area contributed by atoms with E-state index >= 15 is 0 Å². The van der Waals surface area contributed by atoms with Gasteiger partial charge in [-0.1, -0.05) is 23.7 Å². The molecule has 1 fully saturated rings. The number of carbonyl (C=O) groups excluding carboxylic acids is 2. The van der Waals surface area contributed by atoms with Crippen molar-refractivity contribution in [3.8, 4) is 6.07 Å². The van der Waals surface area contributed by atoms with Gasteiger partial charge in [0.15, 0.2) is 5.78 Å². The number of ketones is 1. The maximum absolute atomic E-state index is 12.3. The minimum absolute atomic E-state index is 0.216. The fourth-order valence-corrected chi connectivity index (χ4v) is 2.52. The summed E-state index contributed by atoms with van der Waals surface area (Å²) in [6.45, 7) is 0.554. The largest absolute Gasteiger partial charge is 0.310 e. The van der Waals surface area contributed by atoms with Gasteiger partial charge in [-0.2, -0.15) is 5.26 Å². The summed E-state index contributed by atoms with van der Waals surface area (Å²) in [7, 11) is 0. The highest BCUT2D eigenvalue weighted by molar-refractivity contribution is 6.34. The van der Waals surface area contributed by atoms with Crippen LogP contribution >= 0.6 is 11.6 Å². The minimum Gasteiger partial charge on any atom is -0.310 e. The molecular formula is C14H13ClN2O2. The first-order chi connectivity index (χ1) is 9.15. The van der Waals surface area contributed by atoms with Gasteiger partial charge in [0, 0.05) is 6.54 Å². The van der Waals surface area contributed by atoms with Crippen LogP contribution in [0.5, 0.6) is 0 Å². The summed E-state index contributed by atoms with van der Waals surface area (Å²) >= 11 is 6.08. The number of carbonyl (C=O) groups is 2. The van der Waals surface area contributed by atoms with Gasteiger partial charge < -0.3 is 4.90 Å². The Hall–Kier alpha value is -1.86. The molecule has 0 aromatic heterocycles. The first-order valence-corrected chi connectivity index (χ1v) is 6.48. The van der Waals surface area contributed by atoms with Crippen LogP contribution in [0, 0.1) is 17.2 Å². The molecule has 0 aliphatic carbocycles. The van der Waals surface area contributed by atoms with Gasteiger partial charge in [0.05, 0.1) is 29.1 Å². The number of Topliss-reactive ketones (excluding diaryl/α,β-unsaturated/α-hetero) is 1. The van der Waals surface area contributed by atoms with E-state index in [0.717, 1.165) is 6.42 Å². The summed E-state index contributed by atoms with van der Waals surface area (Å²) < 4.78 is 0. The standard InChI is InChI=1S/C14H13ClN2O2/c15-11-5-1-2-6-12(11)17-9-3-4-10(14(17)19)13(18)7-8-16/h1-2,5-6,10H,3-4,7,9H2/t10-/m1/s1. The van der Waals surface area contributed by atoms with E-state index in [2.05, 4.69) is 0 Å². The second-order valence-electron chi connectivity index (χ2n) is 4.44. The molecule has 0 saturated carbocycles. The molecule has 0 radical (unpaired) electrons. The molecule has 0 spiro atoms. The van der Waals surface area contributed by atoms with Crippen LogP contribution in [0.2, 0.25) is 5.02 Å². The van der Waals surface area contributed by atoms with E-state index in [1.54, 1.807) is 35.2 Å². The summed E-state index contributed by atoms with van der Waals surface area (Å²) in [5.41, 5.74) is 0.628. The van der Waals surface area contributed by atoms with Crippen molar-refractivity contribution in [1.82, 2.24) is 0 Å². The number of hydrogen-bond acceptors (Lipinski definition) is 3. The predicted octanol–water partition coefficient (Wildman–Crippen LogP) is 2.57. The Kier molecular flexibility index (Phi) is 4.18. The lowest BCUT2D eigenvalue weighted by molar-refractivity contribution is -0.133. The normalized spacial score (nSPS) is 19.1. The van der Waals surface area contributed by atoms with Crippen LogP contribution in [-0.4, -0.2) is 18.2 Å². The number of para-hydroxylation sites is 1. The highest BCUT2D eigenvalue weighted by Crippen LogP contribution is 2.30. The fraction of sp³-hybridized carbons (Fsp3) is 0.357. The van der Waals surface area contributed by atoms with Gasteiger partial charge in [-0.15, -0.1) is 0 Å². The predicted molar refractivity (Wildman–Crippen MR) is 71.8 cm³/mol. The van der Waals surface area contributed by atoms with Gasteiger partial charge in [-0.25, -0.2) is 0 Å². The first-order valence-electron chi connectivity index (χ1n) is 6.10. The van der Waals surface area contributed by atoms with Gasteiger partial charge in [0.1, 0.15) is 0 Å². The molecule has 2 rings (SSSR count). The number of anilines is 1. The number of amides is 1. The maximum Gasteiger partial charge on any atom is 0.237 e. The van der Waals surface area contributed by atoms with E-state index in [9.17, 15) is 9.59 Å². The summed E-state index contributed by atoms with van der Waals surface area (Å²) in [6.07, 6.45) is 1.03. The van der Waals surface area contributed by atoms with Crippen molar-refractivity contribution in [1.29, 1.82) is 5.26 Å². The third kappa shape index (κ3) is 2.77. The quantitative estimate of drug-likeness (QED) is 0.797. The van der Waals surface area contributed by atoms with E-state index in [0.29, 0.717) is 23.7 Å². The Morgan fingerprint density at radius 1 is 1.47 bits per heavy atom. The van der Waals surface area contributed by atoms with Crippen molar-refractivity contribution in [2.24, 2.45) is 5.92 Å². The van der Waals surface area contributed by atoms with Crippen LogP contribution < -0.4 is 4.90 Å². The molecule has 1 aromatic carbocycles. The summed E-state index contributed by atoms with van der Waals surface area (Å²) in [4.78, 5) is 25.6. The first kappa shape index (κ1) is 13.6. The zero-order valence-electron chi connectivity index (χ0n) is 10.3. The Balaban J connectivity index is 2.24. The Bertz CT molecular complexity index is 551. The third-order valence-electron chi connectivity index (χ3n) is 3.22. The van der Waals surface area contributed by atoms with Crippen molar-refractivity contribution in [2.45, 2.75) is 19.3 Å². The molecule has 0 bridgehead atoms. The van der Waals surface area contributed by atoms with Crippen LogP contribution in [-0.2, 0) is 9.59 Å². The van der Waals surface area contributed by atoms with Crippen LogP contribution in [0.25, 0.3) is 0 Å². The molecule has 1 aliphatic heterocycles. The summed E-state index contributed by atoms with van der Waals surface area (Å²) in [5.74, 6) is -1.26. The van der Waals surface area contributed by atoms with E-state index in [1.807, 2.05) is 0 Å². The van der Waals surface area contributed by atoms with E-state index in [4.69, 9.17) is 16.9 Å². The Morgan fingerprint density at radius 3 is 2.89 bits per heavy atom. The fourth-order valence-electron chi connectivity index (χ4n) is 2.28. The average Bonchev–Trinajstić information content (AvgIpc) is 2.40. The lowest BCUT2D eigenvalue weighted by atomic mass is 9.91. The SMILES string of the molecule is N#CCC(=O)[C@H]1CCCN(c2ccccc2Cl)C1=O. The molecule has 0 unspecified atom stereocenters. The number of hydrogen-bond donors (Lipinski definition) is 0. The molecule has 1 amide bonds. The number of nitriles is 1. The van der Waals surface area contributed by atoms with Crippen molar-refractivity contribution in [3.05, 3.63) is 29.3 Å². The van der Waals surface area contributed by atoms with Gasteiger partial charge in [-0.3, -0.25) is 9.59 Å². The number of nitrogens with zero attached hydrogens (tertiary/aromatic N) is 2. The van der Waals surface area contributed by atoms with Gasteiger partial charge in [0.25, 0.3) is 0 Å². The number of halogens is 1. The molecular weight excluding hydrogens is 264 g/mol. The number of piperidine rings is 1. The number of rotatable bonds is 3. The van der Waals surface area contributed by atoms with Gasteiger partial charge >= 0.3 is 0 Å². The molecule has 19 heavy (non-hydrogen) atoms. The highest BCUT2D eigenvalue weighted by atomic mass is 35.5. The second kappa shape index (κ2) is 5.85. The molecule has 4 nitrogen and oxygen atoms in total. The van der Waals surface area contributed by atoms with Crippen molar-refractivity contribution in [2.75, 3.05) is 11.4 Å². The van der Waals surface area contributed by atoms with Crippen molar-refractivity contribution in [3.63, 3.8) is 0 Å². The monoisotopic (exact) mass is 276 g/mol. The van der Waals surface area contributed by atoms with E-state index in [-0.39, 0.29) is 18.1 Å². The van der Waals surface area contributed by atoms with Crippen LogP contribution in [0.3, 0.4) is 0 Å². The Labute approximate surface area is 116 Å². The van der Waals surface area contributed by atoms with Crippen molar-refractivity contribution >= 4 is 29.0 Å². The second-order valence-corrected chi connectivity index (χ2v) is 4.84. The van der Waals surface area contributed by atoms with E-state index < -0.39 is 5.92 Å². The maximum atomic E-state index is 12.3. The third-order valence-corrected chi connectivity index (χ3v) is 3.54. The molecule has 5 heteroatoms. The summed E-state index contributed by atoms with van der Waals surface area (Å²) in [6, 6.07) is 8.87. The number of benzene rings is 1. The van der Waals surface area contributed by atoms with Crippen LogP contribution in [0.1, 0.15) is 19.3 Å². The highest BCUT2D eigenvalue weighted by Gasteiger charge is 2.34. The lowest BCUT2D eigenvalue weighted by Gasteiger charge is -2.31. The van der Waals surface area contributed by atoms with Crippen LogP contribution in [0.15, 0.2) is 24.3 Å². The van der Waals surface area contributed by atoms with Crippen molar-refractivity contribution < 1.29 is 9.59 Å². The zero-order valence-corrected chi connectivity index (χ0v) is 11.1. The smallest absolute Gasteiger partial charge is 0.237 e. The molecule has 98 valence electrons. The molecule has 0 N–H and O–H groups in total. The Morgan fingerprint density at radius 2 is 2.21 bits per heavy atom. The van der Waals surface area contributed by atoms with Gasteiger partial charge in [-0.05, 0) is 25.0 Å². The molecule has 1 saturated heterocycles. The van der Waals surface area contributed by atoms with E-state index in [1.165, 1.54) is 0 Å². The summed E-state index contributed by atoms with van der Waals surface area (Å²) in [5, 5.41) is 9.05. The molecule has 1 aliphatic rings. The molecule has 1 aromatic rings. The van der Waals surface area contributed by atoms with Gasteiger partial charge in [0.2, 0.25) is 5.91 Å². The minimum atomic E-state index is -0.704. The zero-order chi connectivity index (χ0) is 13.8. The topological polar surface area (TPSA) is 61.2 Å².